The van der Waals surface area contributed by atoms with Crippen molar-refractivity contribution >= 4 is 29.8 Å². The Morgan fingerprint density at radius 2 is 1.41 bits per heavy atom. The molecule has 2 N–H and O–H groups in total. The number of carbonyl (C=O) groups is 1. The molecule has 34 heavy (non-hydrogen) atoms. The SMILES string of the molecule is COc1cc(/C=C/c2ccc(O)c(NC(=O)/C=C/c3ccc(F)c(F)c3)c2)cc(OC)c1OC. The highest BCUT2D eigenvalue weighted by molar-refractivity contribution is 6.03. The summed E-state index contributed by atoms with van der Waals surface area (Å²) in [5, 5.41) is 12.7. The number of hydrogen-bond donors (Lipinski definition) is 2. The van der Waals surface area contributed by atoms with Crippen LogP contribution in [0, 0.1) is 11.6 Å². The van der Waals surface area contributed by atoms with E-state index >= 15 is 0 Å². The van der Waals surface area contributed by atoms with Gasteiger partial charge in [0.1, 0.15) is 5.75 Å². The molecule has 0 aliphatic rings. The number of carbonyl (C=O) groups excluding carboxylic acids is 1. The Morgan fingerprint density at radius 3 is 2.03 bits per heavy atom. The lowest BCUT2D eigenvalue weighted by molar-refractivity contribution is -0.111. The molecule has 0 saturated heterocycles. The molecule has 0 atom stereocenters. The molecule has 0 heterocycles. The van der Waals surface area contributed by atoms with Crippen LogP contribution < -0.4 is 19.5 Å². The van der Waals surface area contributed by atoms with E-state index in [1.165, 1.54) is 39.5 Å². The van der Waals surface area contributed by atoms with Crippen LogP contribution in [0.25, 0.3) is 18.2 Å². The third kappa shape index (κ3) is 5.92. The van der Waals surface area contributed by atoms with Crippen LogP contribution in [0.5, 0.6) is 23.0 Å². The monoisotopic (exact) mass is 467 g/mol. The van der Waals surface area contributed by atoms with Gasteiger partial charge in [-0.05, 0) is 59.2 Å². The number of benzene rings is 3. The Balaban J connectivity index is 1.77. The van der Waals surface area contributed by atoms with Gasteiger partial charge in [0.2, 0.25) is 11.7 Å². The Kier molecular flexibility index (Phi) is 7.87. The average molecular weight is 467 g/mol. The van der Waals surface area contributed by atoms with Crippen LogP contribution in [-0.4, -0.2) is 32.3 Å². The van der Waals surface area contributed by atoms with Gasteiger partial charge in [-0.25, -0.2) is 8.78 Å². The third-order valence-corrected chi connectivity index (χ3v) is 4.80. The predicted molar refractivity (Wildman–Crippen MR) is 127 cm³/mol. The second-order valence-corrected chi connectivity index (χ2v) is 7.06. The van der Waals surface area contributed by atoms with Crippen molar-refractivity contribution in [2.75, 3.05) is 26.6 Å². The van der Waals surface area contributed by atoms with Gasteiger partial charge in [-0.1, -0.05) is 24.3 Å². The minimum absolute atomic E-state index is 0.125. The van der Waals surface area contributed by atoms with Gasteiger partial charge in [-0.3, -0.25) is 4.79 Å². The quantitative estimate of drug-likeness (QED) is 0.259. The molecule has 6 nitrogen and oxygen atoms in total. The summed E-state index contributed by atoms with van der Waals surface area (Å²) >= 11 is 0. The molecule has 0 unspecified atom stereocenters. The number of phenols is 1. The summed E-state index contributed by atoms with van der Waals surface area (Å²) in [4.78, 5) is 12.2. The fourth-order valence-corrected chi connectivity index (χ4v) is 3.11. The minimum atomic E-state index is -1.01. The predicted octanol–water partition coefficient (Wildman–Crippen LogP) is 5.52. The highest BCUT2D eigenvalue weighted by Gasteiger charge is 2.12. The maximum Gasteiger partial charge on any atom is 0.248 e. The fraction of sp³-hybridized carbons (Fsp3) is 0.115. The van der Waals surface area contributed by atoms with Crippen LogP contribution >= 0.6 is 0 Å². The number of nitrogens with one attached hydrogen (secondary N) is 1. The molecule has 0 saturated carbocycles. The lowest BCUT2D eigenvalue weighted by Gasteiger charge is -2.12. The van der Waals surface area contributed by atoms with E-state index in [0.29, 0.717) is 28.4 Å². The van der Waals surface area contributed by atoms with Crippen molar-refractivity contribution < 1.29 is 32.9 Å². The van der Waals surface area contributed by atoms with Crippen LogP contribution in [0.15, 0.2) is 54.6 Å². The zero-order valence-corrected chi connectivity index (χ0v) is 18.8. The Morgan fingerprint density at radius 1 is 0.794 bits per heavy atom. The number of aromatic hydroxyl groups is 1. The Bertz CT molecular complexity index is 1230. The standard InChI is InChI=1S/C26H23F2NO5/c1-32-23-14-18(15-24(33-2)26(23)34-3)5-4-17-7-10-22(30)21(13-17)29-25(31)11-8-16-6-9-19(27)20(28)12-16/h4-15,30H,1-3H3,(H,29,31)/b5-4+,11-8+. The number of amides is 1. The van der Waals surface area contributed by atoms with Crippen molar-refractivity contribution in [1.29, 1.82) is 0 Å². The van der Waals surface area contributed by atoms with E-state index in [2.05, 4.69) is 5.32 Å². The minimum Gasteiger partial charge on any atom is -0.506 e. The van der Waals surface area contributed by atoms with Gasteiger partial charge in [0.15, 0.2) is 23.1 Å². The molecule has 0 spiro atoms. The Labute approximate surface area is 195 Å². The van der Waals surface area contributed by atoms with E-state index in [4.69, 9.17) is 14.2 Å². The number of methoxy groups -OCH3 is 3. The molecule has 0 bridgehead atoms. The summed E-state index contributed by atoms with van der Waals surface area (Å²) in [7, 11) is 4.58. The molecule has 0 radical (unpaired) electrons. The fourth-order valence-electron chi connectivity index (χ4n) is 3.11. The van der Waals surface area contributed by atoms with Crippen LogP contribution in [0.2, 0.25) is 0 Å². The normalized spacial score (nSPS) is 11.1. The highest BCUT2D eigenvalue weighted by atomic mass is 19.2. The topological polar surface area (TPSA) is 77.0 Å². The van der Waals surface area contributed by atoms with Crippen LogP contribution in [0.4, 0.5) is 14.5 Å². The zero-order valence-electron chi connectivity index (χ0n) is 18.8. The summed E-state index contributed by atoms with van der Waals surface area (Å²) < 4.78 is 42.3. The number of hydrogen-bond acceptors (Lipinski definition) is 5. The van der Waals surface area contributed by atoms with E-state index < -0.39 is 17.5 Å². The van der Waals surface area contributed by atoms with Crippen molar-refractivity contribution in [2.45, 2.75) is 0 Å². The third-order valence-electron chi connectivity index (χ3n) is 4.80. The highest BCUT2D eigenvalue weighted by Crippen LogP contribution is 2.38. The van der Waals surface area contributed by atoms with Crippen molar-refractivity contribution in [1.82, 2.24) is 0 Å². The molecule has 3 rings (SSSR count). The average Bonchev–Trinajstić information content (AvgIpc) is 2.84. The van der Waals surface area contributed by atoms with Crippen molar-refractivity contribution in [3.8, 4) is 23.0 Å². The van der Waals surface area contributed by atoms with Gasteiger partial charge in [0, 0.05) is 6.08 Å². The van der Waals surface area contributed by atoms with Crippen LogP contribution in [0.3, 0.4) is 0 Å². The van der Waals surface area contributed by atoms with E-state index in [0.717, 1.165) is 23.8 Å². The Hall–Kier alpha value is -4.33. The number of ether oxygens (including phenoxy) is 3. The molecule has 3 aromatic rings. The largest absolute Gasteiger partial charge is 0.506 e. The summed E-state index contributed by atoms with van der Waals surface area (Å²) in [5.41, 5.74) is 1.99. The first kappa shape index (κ1) is 24.3. The molecule has 0 aliphatic heterocycles. The van der Waals surface area contributed by atoms with Gasteiger partial charge in [0.05, 0.1) is 27.0 Å². The number of phenolic OH excluding ortho intramolecular Hbond substituents is 1. The van der Waals surface area contributed by atoms with Gasteiger partial charge >= 0.3 is 0 Å². The van der Waals surface area contributed by atoms with Gasteiger partial charge in [-0.15, -0.1) is 0 Å². The second kappa shape index (κ2) is 11.0. The lowest BCUT2D eigenvalue weighted by Crippen LogP contribution is -2.08. The van der Waals surface area contributed by atoms with E-state index in [1.54, 1.807) is 30.3 Å². The van der Waals surface area contributed by atoms with Crippen LogP contribution in [0.1, 0.15) is 16.7 Å². The summed E-state index contributed by atoms with van der Waals surface area (Å²) in [6, 6.07) is 11.6. The van der Waals surface area contributed by atoms with Crippen molar-refractivity contribution in [3.63, 3.8) is 0 Å². The first-order chi connectivity index (χ1) is 16.3. The summed E-state index contributed by atoms with van der Waals surface area (Å²) in [6.45, 7) is 0. The maximum atomic E-state index is 13.3. The zero-order chi connectivity index (χ0) is 24.7. The molecule has 1 amide bonds. The number of anilines is 1. The van der Waals surface area contributed by atoms with Gasteiger partial charge in [-0.2, -0.15) is 0 Å². The summed E-state index contributed by atoms with van der Waals surface area (Å²) in [6.07, 6.45) is 6.09. The van der Waals surface area contributed by atoms with Crippen LogP contribution in [-0.2, 0) is 4.79 Å². The summed E-state index contributed by atoms with van der Waals surface area (Å²) in [5.74, 6) is -1.16. The van der Waals surface area contributed by atoms with Crippen molar-refractivity contribution in [3.05, 3.63) is 82.9 Å². The van der Waals surface area contributed by atoms with Crippen molar-refractivity contribution in [2.24, 2.45) is 0 Å². The lowest BCUT2D eigenvalue weighted by atomic mass is 10.1. The molecular weight excluding hydrogens is 444 g/mol. The van der Waals surface area contributed by atoms with Gasteiger partial charge < -0.3 is 24.6 Å². The number of rotatable bonds is 8. The first-order valence-electron chi connectivity index (χ1n) is 10.1. The molecule has 0 aromatic heterocycles. The van der Waals surface area contributed by atoms with Gasteiger partial charge in [0.25, 0.3) is 0 Å². The van der Waals surface area contributed by atoms with E-state index in [9.17, 15) is 18.7 Å². The molecule has 0 aliphatic carbocycles. The molecule has 8 heteroatoms. The molecule has 176 valence electrons. The van der Waals surface area contributed by atoms with E-state index in [-0.39, 0.29) is 11.4 Å². The molecular formula is C26H23F2NO5. The molecule has 0 fully saturated rings. The first-order valence-corrected chi connectivity index (χ1v) is 10.1. The molecule has 3 aromatic carbocycles. The second-order valence-electron chi connectivity index (χ2n) is 7.06. The number of halogens is 2. The van der Waals surface area contributed by atoms with E-state index in [1.807, 2.05) is 6.08 Å². The maximum absolute atomic E-state index is 13.3. The smallest absolute Gasteiger partial charge is 0.248 e.